The van der Waals surface area contributed by atoms with Gasteiger partial charge in [0.15, 0.2) is 0 Å². The van der Waals surface area contributed by atoms with Crippen molar-refractivity contribution in [1.29, 1.82) is 0 Å². The van der Waals surface area contributed by atoms with Crippen molar-refractivity contribution in [2.24, 2.45) is 50.7 Å². The number of carbonyl (C=O) groups is 4. The molecular formula is C45H66N2O6. The van der Waals surface area contributed by atoms with Crippen molar-refractivity contribution < 1.29 is 29.0 Å². The van der Waals surface area contributed by atoms with Gasteiger partial charge in [0.05, 0.1) is 22.9 Å². The number of carboxylic acid groups (broad SMARTS) is 1. The molecule has 6 rings (SSSR count). The number of carboxylic acids is 1. The molecule has 3 unspecified atom stereocenters. The van der Waals surface area contributed by atoms with Gasteiger partial charge in [0.2, 0.25) is 0 Å². The molecular weight excluding hydrogens is 665 g/mol. The number of esters is 1. The summed E-state index contributed by atoms with van der Waals surface area (Å²) in [4.78, 5) is 52.9. The van der Waals surface area contributed by atoms with Crippen LogP contribution in [0.25, 0.3) is 0 Å². The third-order valence-corrected chi connectivity index (χ3v) is 16.0. The number of nitrogens with one attached hydrogen (secondary N) is 2. The summed E-state index contributed by atoms with van der Waals surface area (Å²) in [7, 11) is 0. The zero-order valence-corrected chi connectivity index (χ0v) is 34.3. The van der Waals surface area contributed by atoms with E-state index in [0.29, 0.717) is 18.3 Å². The van der Waals surface area contributed by atoms with Crippen LogP contribution in [-0.2, 0) is 24.7 Å². The number of allylic oxidation sites excluding steroid dienone is 1. The van der Waals surface area contributed by atoms with Gasteiger partial charge in [0, 0.05) is 17.8 Å². The topological polar surface area (TPSA) is 122 Å². The third kappa shape index (κ3) is 6.16. The fourth-order valence-electron chi connectivity index (χ4n) is 12.9. The number of aliphatic carboxylic acids is 1. The second-order valence-electron chi connectivity index (χ2n) is 20.6. The van der Waals surface area contributed by atoms with E-state index >= 15 is 0 Å². The van der Waals surface area contributed by atoms with Crippen molar-refractivity contribution in [2.75, 3.05) is 0 Å². The zero-order valence-electron chi connectivity index (χ0n) is 34.3. The lowest BCUT2D eigenvalue weighted by Crippen LogP contribution is -2.65. The summed E-state index contributed by atoms with van der Waals surface area (Å²) in [6.07, 6.45) is 7.37. The molecule has 0 heterocycles. The van der Waals surface area contributed by atoms with E-state index in [0.717, 1.165) is 56.9 Å². The molecule has 0 bridgehead atoms. The molecule has 0 saturated heterocycles. The average molecular weight is 731 g/mol. The molecule has 2 amide bonds. The number of fused-ring (bicyclic) bond motifs is 6. The lowest BCUT2D eigenvalue weighted by Gasteiger charge is -2.70. The Kier molecular flexibility index (Phi) is 9.67. The van der Waals surface area contributed by atoms with Gasteiger partial charge in [-0.3, -0.25) is 14.4 Å². The van der Waals surface area contributed by atoms with Crippen molar-refractivity contribution in [2.45, 2.75) is 158 Å². The Bertz CT molecular complexity index is 1690. The molecule has 1 aromatic carbocycles. The maximum Gasteiger partial charge on any atom is 0.316 e. The molecule has 53 heavy (non-hydrogen) atoms. The highest BCUT2D eigenvalue weighted by atomic mass is 16.5. The van der Waals surface area contributed by atoms with Gasteiger partial charge in [-0.25, -0.2) is 4.79 Å². The first-order valence-electron chi connectivity index (χ1n) is 20.3. The van der Waals surface area contributed by atoms with E-state index in [9.17, 15) is 24.3 Å². The Morgan fingerprint density at radius 3 is 2.19 bits per heavy atom. The minimum absolute atomic E-state index is 0.000818. The van der Waals surface area contributed by atoms with Crippen molar-refractivity contribution in [3.8, 4) is 0 Å². The van der Waals surface area contributed by atoms with Crippen LogP contribution in [0.2, 0.25) is 0 Å². The molecule has 0 radical (unpaired) electrons. The molecule has 8 heteroatoms. The number of ketones is 1. The van der Waals surface area contributed by atoms with Crippen LogP contribution in [0.3, 0.4) is 0 Å². The summed E-state index contributed by atoms with van der Waals surface area (Å²) in [5.41, 5.74) is 0.901. The number of benzene rings is 1. The smallest absolute Gasteiger partial charge is 0.316 e. The first kappa shape index (κ1) is 39.5. The number of rotatable bonds is 8. The van der Waals surface area contributed by atoms with Crippen molar-refractivity contribution >= 4 is 23.8 Å². The van der Waals surface area contributed by atoms with Gasteiger partial charge in [-0.2, -0.15) is 0 Å². The molecule has 0 aromatic heterocycles. The van der Waals surface area contributed by atoms with E-state index < -0.39 is 28.4 Å². The molecule has 1 aromatic rings. The number of hydrogen-bond donors (Lipinski definition) is 3. The average Bonchev–Trinajstić information content (AvgIpc) is 3.34. The number of Topliss-reactive ketones (excluding diaryl/α,β-unsaturated/α-hetero) is 1. The number of carbonyl (C=O) groups excluding carboxylic acids is 3. The van der Waals surface area contributed by atoms with E-state index in [1.165, 1.54) is 11.1 Å². The largest absolute Gasteiger partial charge is 0.481 e. The van der Waals surface area contributed by atoms with Gasteiger partial charge in [0.25, 0.3) is 0 Å². The first-order chi connectivity index (χ1) is 24.5. The van der Waals surface area contributed by atoms with Crippen LogP contribution in [0.4, 0.5) is 4.79 Å². The normalized spacial score (nSPS) is 36.5. The molecule has 5 aliphatic rings. The summed E-state index contributed by atoms with van der Waals surface area (Å²) >= 11 is 0. The van der Waals surface area contributed by atoms with Crippen LogP contribution in [0.5, 0.6) is 0 Å². The molecule has 8 atom stereocenters. The molecule has 3 N–H and O–H groups in total. The van der Waals surface area contributed by atoms with E-state index in [4.69, 9.17) is 4.74 Å². The summed E-state index contributed by atoms with van der Waals surface area (Å²) in [6.45, 7) is 23.5. The van der Waals surface area contributed by atoms with Crippen molar-refractivity contribution in [3.63, 3.8) is 0 Å². The summed E-state index contributed by atoms with van der Waals surface area (Å²) in [5.74, 6) is -0.434. The second-order valence-corrected chi connectivity index (χ2v) is 20.6. The fourth-order valence-corrected chi connectivity index (χ4v) is 12.9. The SMILES string of the molecule is CC(C)C1C(=O)C[C@]2(NC(=O)NC(C)(C)c3ccccc3)CC[C@]3(C)C(=C12)CCC1[C@@]2(C)CC[C@H](OC(=O)CC(C)(C)C(=O)O)C(C)(C)C2CC[C@]13C. The highest BCUT2D eigenvalue weighted by Gasteiger charge is 2.69. The standard InChI is InChI=1S/C45H66N2O6/c1-27(2)35-30(48)25-45(47-38(52)46-41(7,8)28-15-13-12-14-16-28)24-23-43(10)29(36(35)45)17-18-32-42(9)21-20-33(53-34(49)26-39(3,4)37(50)51)40(5,6)31(42)19-22-44(32,43)11/h12-16,27,31-33,35H,17-26H2,1-11H3,(H,50,51)(H2,46,47,52)/t31?,32?,33-,35?,42-,43+,44+,45+/m0/s1. The van der Waals surface area contributed by atoms with Crippen LogP contribution < -0.4 is 10.6 Å². The monoisotopic (exact) mass is 730 g/mol. The van der Waals surface area contributed by atoms with Crippen molar-refractivity contribution in [3.05, 3.63) is 47.0 Å². The summed E-state index contributed by atoms with van der Waals surface area (Å²) < 4.78 is 6.16. The summed E-state index contributed by atoms with van der Waals surface area (Å²) in [6, 6.07) is 9.79. The van der Waals surface area contributed by atoms with Gasteiger partial charge in [-0.05, 0) is 124 Å². The van der Waals surface area contributed by atoms with Gasteiger partial charge < -0.3 is 20.5 Å². The van der Waals surface area contributed by atoms with Crippen LogP contribution in [-0.4, -0.2) is 40.5 Å². The van der Waals surface area contributed by atoms with Gasteiger partial charge in [-0.15, -0.1) is 0 Å². The number of urea groups is 1. The Morgan fingerprint density at radius 1 is 0.906 bits per heavy atom. The quantitative estimate of drug-likeness (QED) is 0.181. The molecule has 5 aliphatic carbocycles. The predicted octanol–water partition coefficient (Wildman–Crippen LogP) is 9.37. The van der Waals surface area contributed by atoms with Gasteiger partial charge in [-0.1, -0.05) is 84.4 Å². The van der Waals surface area contributed by atoms with Crippen molar-refractivity contribution in [1.82, 2.24) is 10.6 Å². The van der Waals surface area contributed by atoms with E-state index in [2.05, 4.69) is 59.1 Å². The molecule has 292 valence electrons. The third-order valence-electron chi connectivity index (χ3n) is 16.0. The van der Waals surface area contributed by atoms with E-state index in [1.54, 1.807) is 13.8 Å². The Labute approximate surface area is 318 Å². The second kappa shape index (κ2) is 13.0. The number of hydrogen-bond acceptors (Lipinski definition) is 5. The highest BCUT2D eigenvalue weighted by molar-refractivity contribution is 5.93. The van der Waals surface area contributed by atoms with Crippen LogP contribution in [0.15, 0.2) is 41.5 Å². The Morgan fingerprint density at radius 2 is 1.57 bits per heavy atom. The minimum atomic E-state index is -1.17. The fraction of sp³-hybridized carbons (Fsp3) is 0.733. The van der Waals surface area contributed by atoms with E-state index in [1.807, 2.05) is 44.2 Å². The molecule has 0 spiro atoms. The Hall–Kier alpha value is -3.16. The highest BCUT2D eigenvalue weighted by Crippen LogP contribution is 2.75. The summed E-state index contributed by atoms with van der Waals surface area (Å²) in [5, 5.41) is 16.3. The lowest BCUT2D eigenvalue weighted by atomic mass is 9.34. The zero-order chi connectivity index (χ0) is 39.2. The first-order valence-corrected chi connectivity index (χ1v) is 20.3. The lowest BCUT2D eigenvalue weighted by molar-refractivity contribution is -0.214. The molecule has 8 nitrogen and oxygen atoms in total. The van der Waals surface area contributed by atoms with E-state index in [-0.39, 0.29) is 57.8 Å². The van der Waals surface area contributed by atoms with Gasteiger partial charge in [0.1, 0.15) is 11.9 Å². The maximum absolute atomic E-state index is 14.1. The van der Waals surface area contributed by atoms with Crippen LogP contribution in [0.1, 0.15) is 146 Å². The van der Waals surface area contributed by atoms with Crippen LogP contribution in [0, 0.1) is 50.7 Å². The predicted molar refractivity (Wildman–Crippen MR) is 207 cm³/mol. The molecule has 0 aliphatic heterocycles. The maximum atomic E-state index is 14.1. The van der Waals surface area contributed by atoms with Crippen LogP contribution >= 0.6 is 0 Å². The number of amides is 2. The van der Waals surface area contributed by atoms with Gasteiger partial charge >= 0.3 is 18.0 Å². The molecule has 4 fully saturated rings. The number of ether oxygens (including phenoxy) is 1. The minimum Gasteiger partial charge on any atom is -0.481 e. The Balaban J connectivity index is 1.30. The molecule has 4 saturated carbocycles.